The maximum atomic E-state index is 12.9. The normalized spacial score (nSPS) is 11.7. The molecule has 2 rings (SSSR count). The number of carbonyl (C=O) groups is 1. The molecule has 0 aliphatic rings. The molecule has 0 unspecified atom stereocenters. The van der Waals surface area contributed by atoms with Crippen molar-refractivity contribution in [1.82, 2.24) is 0 Å². The van der Waals surface area contributed by atoms with Crippen molar-refractivity contribution in [2.45, 2.75) is 26.4 Å². The Labute approximate surface area is 135 Å². The van der Waals surface area contributed by atoms with Crippen LogP contribution in [0.15, 0.2) is 42.5 Å². The number of hydrogen-bond donors (Lipinski definition) is 1. The van der Waals surface area contributed by atoms with E-state index in [0.717, 1.165) is 5.56 Å². The number of benzene rings is 2. The second-order valence-electron chi connectivity index (χ2n) is 5.16. The molecule has 0 fully saturated rings. The van der Waals surface area contributed by atoms with Crippen LogP contribution in [-0.4, -0.2) is 19.1 Å². The molecule has 1 atom stereocenters. The minimum Gasteiger partial charge on any atom is -0.495 e. The van der Waals surface area contributed by atoms with Crippen molar-refractivity contribution in [2.75, 3.05) is 12.4 Å². The number of rotatable bonds is 6. The number of anilines is 1. The average Bonchev–Trinajstić information content (AvgIpc) is 2.54. The van der Waals surface area contributed by atoms with Crippen molar-refractivity contribution in [3.63, 3.8) is 0 Å². The largest absolute Gasteiger partial charge is 0.495 e. The maximum Gasteiger partial charge on any atom is 0.265 e. The Morgan fingerprint density at radius 2 is 1.91 bits per heavy atom. The Kier molecular flexibility index (Phi) is 5.57. The Balaban J connectivity index is 2.11. The van der Waals surface area contributed by atoms with E-state index in [1.54, 1.807) is 13.2 Å². The van der Waals surface area contributed by atoms with Crippen LogP contribution in [0.3, 0.4) is 0 Å². The number of hydrogen-bond acceptors (Lipinski definition) is 3. The topological polar surface area (TPSA) is 47.6 Å². The van der Waals surface area contributed by atoms with E-state index < -0.39 is 6.10 Å². The Morgan fingerprint density at radius 3 is 2.52 bits per heavy atom. The lowest BCUT2D eigenvalue weighted by molar-refractivity contribution is -0.122. The van der Waals surface area contributed by atoms with Crippen LogP contribution in [0.4, 0.5) is 10.1 Å². The Hall–Kier alpha value is -2.56. The highest BCUT2D eigenvalue weighted by atomic mass is 19.1. The van der Waals surface area contributed by atoms with Gasteiger partial charge in [0.25, 0.3) is 5.91 Å². The summed E-state index contributed by atoms with van der Waals surface area (Å²) in [6.07, 6.45) is -0.192. The number of aryl methyl sites for hydroxylation is 1. The monoisotopic (exact) mass is 317 g/mol. The molecule has 23 heavy (non-hydrogen) atoms. The maximum absolute atomic E-state index is 12.9. The lowest BCUT2D eigenvalue weighted by atomic mass is 10.2. The number of nitrogens with one attached hydrogen (secondary N) is 1. The molecule has 4 nitrogen and oxygen atoms in total. The molecular weight excluding hydrogens is 297 g/mol. The van der Waals surface area contributed by atoms with E-state index in [2.05, 4.69) is 5.32 Å². The fourth-order valence-electron chi connectivity index (χ4n) is 2.13. The molecule has 0 heterocycles. The summed E-state index contributed by atoms with van der Waals surface area (Å²) in [7, 11) is 1.55. The number of carbonyl (C=O) groups excluding carboxylic acids is 1. The highest BCUT2D eigenvalue weighted by molar-refractivity contribution is 5.95. The van der Waals surface area contributed by atoms with Crippen LogP contribution in [-0.2, 0) is 4.79 Å². The zero-order valence-electron chi connectivity index (χ0n) is 13.4. The summed E-state index contributed by atoms with van der Waals surface area (Å²) in [4.78, 5) is 12.4. The lowest BCUT2D eigenvalue weighted by Crippen LogP contribution is -2.32. The van der Waals surface area contributed by atoms with E-state index in [9.17, 15) is 9.18 Å². The van der Waals surface area contributed by atoms with Crippen LogP contribution in [0.25, 0.3) is 0 Å². The van der Waals surface area contributed by atoms with E-state index in [1.165, 1.54) is 24.3 Å². The van der Waals surface area contributed by atoms with Crippen molar-refractivity contribution in [2.24, 2.45) is 0 Å². The van der Waals surface area contributed by atoms with Gasteiger partial charge in [-0.25, -0.2) is 4.39 Å². The quantitative estimate of drug-likeness (QED) is 0.878. The van der Waals surface area contributed by atoms with Gasteiger partial charge in [-0.2, -0.15) is 0 Å². The molecule has 1 N–H and O–H groups in total. The number of methoxy groups -OCH3 is 1. The van der Waals surface area contributed by atoms with Gasteiger partial charge >= 0.3 is 0 Å². The summed E-state index contributed by atoms with van der Waals surface area (Å²) in [5.41, 5.74) is 1.60. The van der Waals surface area contributed by atoms with Gasteiger partial charge in [-0.05, 0) is 55.3 Å². The molecule has 2 aromatic carbocycles. The van der Waals surface area contributed by atoms with Crippen LogP contribution in [0, 0.1) is 12.7 Å². The van der Waals surface area contributed by atoms with Gasteiger partial charge < -0.3 is 14.8 Å². The van der Waals surface area contributed by atoms with Crippen LogP contribution in [0.5, 0.6) is 11.5 Å². The van der Waals surface area contributed by atoms with Gasteiger partial charge in [-0.3, -0.25) is 4.79 Å². The second kappa shape index (κ2) is 7.63. The Bertz CT molecular complexity index is 670. The van der Waals surface area contributed by atoms with E-state index in [4.69, 9.17) is 9.47 Å². The van der Waals surface area contributed by atoms with Crippen LogP contribution >= 0.6 is 0 Å². The van der Waals surface area contributed by atoms with Crippen molar-refractivity contribution in [1.29, 1.82) is 0 Å². The summed E-state index contributed by atoms with van der Waals surface area (Å²) in [5.74, 6) is 0.408. The highest BCUT2D eigenvalue weighted by Gasteiger charge is 2.20. The van der Waals surface area contributed by atoms with Crippen LogP contribution in [0.1, 0.15) is 18.9 Å². The molecule has 122 valence electrons. The SMILES string of the molecule is CC[C@H](Oc1ccc(F)cc1)C(=O)Nc1cc(C)ccc1OC. The van der Waals surface area contributed by atoms with Gasteiger partial charge in [0.15, 0.2) is 6.10 Å². The standard InChI is InChI=1S/C18H20FNO3/c1-4-16(23-14-8-6-13(19)7-9-14)18(21)20-15-11-12(2)5-10-17(15)22-3/h5-11,16H,4H2,1-3H3,(H,20,21)/t16-/m0/s1. The second-order valence-corrected chi connectivity index (χ2v) is 5.16. The van der Waals surface area contributed by atoms with Gasteiger partial charge in [-0.15, -0.1) is 0 Å². The molecule has 2 aromatic rings. The van der Waals surface area contributed by atoms with Crippen LogP contribution < -0.4 is 14.8 Å². The Morgan fingerprint density at radius 1 is 1.22 bits per heavy atom. The first-order valence-electron chi connectivity index (χ1n) is 7.41. The summed E-state index contributed by atoms with van der Waals surface area (Å²) in [5, 5.41) is 2.82. The van der Waals surface area contributed by atoms with E-state index in [1.807, 2.05) is 26.0 Å². The summed E-state index contributed by atoms with van der Waals surface area (Å²) in [6, 6.07) is 11.1. The molecule has 0 spiro atoms. The first-order chi connectivity index (χ1) is 11.0. The van der Waals surface area contributed by atoms with Crippen LogP contribution in [0.2, 0.25) is 0 Å². The average molecular weight is 317 g/mol. The molecule has 0 saturated carbocycles. The van der Waals surface area contributed by atoms with Crippen molar-refractivity contribution >= 4 is 11.6 Å². The molecule has 0 aliphatic heterocycles. The zero-order chi connectivity index (χ0) is 16.8. The minimum atomic E-state index is -0.675. The zero-order valence-corrected chi connectivity index (χ0v) is 13.4. The van der Waals surface area contributed by atoms with Gasteiger partial charge in [0.05, 0.1) is 12.8 Å². The van der Waals surface area contributed by atoms with Gasteiger partial charge in [-0.1, -0.05) is 13.0 Å². The fraction of sp³-hybridized carbons (Fsp3) is 0.278. The fourth-order valence-corrected chi connectivity index (χ4v) is 2.13. The third kappa shape index (κ3) is 4.45. The molecule has 0 aliphatic carbocycles. The highest BCUT2D eigenvalue weighted by Crippen LogP contribution is 2.26. The molecule has 0 aromatic heterocycles. The number of amides is 1. The van der Waals surface area contributed by atoms with Gasteiger partial charge in [0.2, 0.25) is 0 Å². The number of ether oxygens (including phenoxy) is 2. The molecule has 0 radical (unpaired) electrons. The summed E-state index contributed by atoms with van der Waals surface area (Å²) in [6.45, 7) is 3.78. The third-order valence-corrected chi connectivity index (χ3v) is 3.37. The molecular formula is C18H20FNO3. The first kappa shape index (κ1) is 16.8. The van der Waals surface area contributed by atoms with Gasteiger partial charge in [0.1, 0.15) is 17.3 Å². The molecule has 1 amide bonds. The number of halogens is 1. The van der Waals surface area contributed by atoms with E-state index in [-0.39, 0.29) is 11.7 Å². The smallest absolute Gasteiger partial charge is 0.265 e. The van der Waals surface area contributed by atoms with Crippen molar-refractivity contribution in [3.8, 4) is 11.5 Å². The minimum absolute atomic E-state index is 0.277. The van der Waals surface area contributed by atoms with E-state index in [0.29, 0.717) is 23.6 Å². The molecule has 0 saturated heterocycles. The summed E-state index contributed by atoms with van der Waals surface area (Å²) >= 11 is 0. The van der Waals surface area contributed by atoms with E-state index >= 15 is 0 Å². The molecule has 0 bridgehead atoms. The third-order valence-electron chi connectivity index (χ3n) is 3.37. The lowest BCUT2D eigenvalue weighted by Gasteiger charge is -2.18. The van der Waals surface area contributed by atoms with Crippen molar-refractivity contribution < 1.29 is 18.7 Å². The predicted molar refractivity (Wildman–Crippen MR) is 87.5 cm³/mol. The molecule has 5 heteroatoms. The van der Waals surface area contributed by atoms with Crippen molar-refractivity contribution in [3.05, 3.63) is 53.8 Å². The van der Waals surface area contributed by atoms with Gasteiger partial charge in [0, 0.05) is 0 Å². The predicted octanol–water partition coefficient (Wildman–Crippen LogP) is 3.94. The summed E-state index contributed by atoms with van der Waals surface area (Å²) < 4.78 is 23.8. The first-order valence-corrected chi connectivity index (χ1v) is 7.41.